The third-order valence-corrected chi connectivity index (χ3v) is 4.80. The molecule has 2 aromatic heterocycles. The normalized spacial score (nSPS) is 21.7. The van der Waals surface area contributed by atoms with Crippen molar-refractivity contribution in [2.45, 2.75) is 6.92 Å². The van der Waals surface area contributed by atoms with Gasteiger partial charge in [0.05, 0.1) is 12.0 Å². The van der Waals surface area contributed by atoms with Crippen LogP contribution in [0.5, 0.6) is 0 Å². The van der Waals surface area contributed by atoms with Gasteiger partial charge in [-0.05, 0) is 18.5 Å². The largest absolute Gasteiger partial charge is 0.396 e. The van der Waals surface area contributed by atoms with Crippen LogP contribution in [0.15, 0.2) is 18.6 Å². The van der Waals surface area contributed by atoms with Crippen LogP contribution >= 0.6 is 0 Å². The van der Waals surface area contributed by atoms with E-state index in [1.807, 2.05) is 12.3 Å². The molecule has 7 heteroatoms. The molecule has 3 rings (SSSR count). The number of likely N-dealkylation sites (N-methyl/N-ethyl adjacent to an activating group) is 1. The van der Waals surface area contributed by atoms with Gasteiger partial charge in [-0.3, -0.25) is 0 Å². The summed E-state index contributed by atoms with van der Waals surface area (Å²) in [4.78, 5) is 16.3. The number of aromatic amines is 1. The molecule has 0 spiro atoms. The monoisotopic (exact) mass is 319 g/mol. The van der Waals surface area contributed by atoms with Crippen molar-refractivity contribution in [1.82, 2.24) is 19.9 Å². The molecule has 1 aliphatic heterocycles. The van der Waals surface area contributed by atoms with E-state index in [4.69, 9.17) is 5.11 Å². The maximum absolute atomic E-state index is 9.76. The van der Waals surface area contributed by atoms with Crippen molar-refractivity contribution in [2.24, 2.45) is 11.8 Å². The number of rotatable bonds is 7. The van der Waals surface area contributed by atoms with Gasteiger partial charge < -0.3 is 25.0 Å². The van der Waals surface area contributed by atoms with E-state index < -0.39 is 0 Å². The highest BCUT2D eigenvalue weighted by Gasteiger charge is 2.34. The van der Waals surface area contributed by atoms with Crippen molar-refractivity contribution in [1.29, 1.82) is 0 Å². The number of aliphatic hydroxyl groups excluding tert-OH is 2. The fraction of sp³-hybridized carbons (Fsp3) is 0.625. The smallest absolute Gasteiger partial charge is 0.142 e. The van der Waals surface area contributed by atoms with E-state index in [1.54, 1.807) is 6.33 Å². The first kappa shape index (κ1) is 16.2. The van der Waals surface area contributed by atoms with Gasteiger partial charge in [0.1, 0.15) is 17.8 Å². The van der Waals surface area contributed by atoms with Crippen LogP contribution in [-0.4, -0.2) is 76.0 Å². The lowest BCUT2D eigenvalue weighted by atomic mass is 9.96. The van der Waals surface area contributed by atoms with E-state index in [9.17, 15) is 5.11 Å². The molecule has 23 heavy (non-hydrogen) atoms. The summed E-state index contributed by atoms with van der Waals surface area (Å²) in [6.45, 7) is 6.60. The van der Waals surface area contributed by atoms with Gasteiger partial charge in [0.2, 0.25) is 0 Å². The summed E-state index contributed by atoms with van der Waals surface area (Å²) in [6.07, 6.45) is 3.46. The van der Waals surface area contributed by atoms with Crippen LogP contribution < -0.4 is 4.90 Å². The van der Waals surface area contributed by atoms with Crippen LogP contribution in [0.25, 0.3) is 11.0 Å². The first-order valence-corrected chi connectivity index (χ1v) is 8.23. The average Bonchev–Trinajstić information content (AvgIpc) is 3.20. The Balaban J connectivity index is 1.77. The molecule has 0 radical (unpaired) electrons. The van der Waals surface area contributed by atoms with Crippen molar-refractivity contribution >= 4 is 16.9 Å². The highest BCUT2D eigenvalue weighted by atomic mass is 16.3. The molecule has 0 amide bonds. The van der Waals surface area contributed by atoms with Gasteiger partial charge in [-0.2, -0.15) is 0 Å². The molecule has 0 aliphatic carbocycles. The fourth-order valence-corrected chi connectivity index (χ4v) is 3.49. The lowest BCUT2D eigenvalue weighted by molar-refractivity contribution is 0.147. The maximum Gasteiger partial charge on any atom is 0.142 e. The highest BCUT2D eigenvalue weighted by molar-refractivity contribution is 5.87. The molecule has 126 valence electrons. The Hall–Kier alpha value is -1.70. The summed E-state index contributed by atoms with van der Waals surface area (Å²) in [6, 6.07) is 2.00. The molecule has 2 aromatic rings. The zero-order chi connectivity index (χ0) is 16.2. The van der Waals surface area contributed by atoms with Gasteiger partial charge in [-0.25, -0.2) is 9.97 Å². The molecule has 0 aromatic carbocycles. The minimum Gasteiger partial charge on any atom is -0.396 e. The van der Waals surface area contributed by atoms with Crippen LogP contribution in [-0.2, 0) is 0 Å². The summed E-state index contributed by atoms with van der Waals surface area (Å²) in [5.41, 5.74) is 0.842. The lowest BCUT2D eigenvalue weighted by Crippen LogP contribution is -2.35. The van der Waals surface area contributed by atoms with Crippen LogP contribution in [0.2, 0.25) is 0 Å². The number of H-pyrrole nitrogens is 1. The highest BCUT2D eigenvalue weighted by Crippen LogP contribution is 2.31. The second kappa shape index (κ2) is 7.25. The topological polar surface area (TPSA) is 88.5 Å². The van der Waals surface area contributed by atoms with Gasteiger partial charge in [-0.1, -0.05) is 6.92 Å². The Kier molecular flexibility index (Phi) is 5.09. The summed E-state index contributed by atoms with van der Waals surface area (Å²) >= 11 is 0. The number of aliphatic hydroxyl groups is 2. The summed E-state index contributed by atoms with van der Waals surface area (Å²) in [5, 5.41) is 19.9. The fourth-order valence-electron chi connectivity index (χ4n) is 3.49. The molecule has 1 fully saturated rings. The van der Waals surface area contributed by atoms with E-state index >= 15 is 0 Å². The van der Waals surface area contributed by atoms with E-state index in [0.717, 1.165) is 43.0 Å². The Morgan fingerprint density at radius 2 is 2.13 bits per heavy atom. The van der Waals surface area contributed by atoms with Gasteiger partial charge in [0.15, 0.2) is 0 Å². The van der Waals surface area contributed by atoms with Crippen molar-refractivity contribution in [3.63, 3.8) is 0 Å². The standard InChI is InChI=1S/C16H25N5O2/c1-2-20(5-6-22)7-12-8-21(9-13(12)10-23)16-14-3-4-17-15(14)18-11-19-16/h3-4,11-13,22-23H,2,5-10H2,1H3,(H,17,18,19)/t12-,13-/m1/s1. The van der Waals surface area contributed by atoms with Crippen LogP contribution in [0.4, 0.5) is 5.82 Å². The van der Waals surface area contributed by atoms with Crippen molar-refractivity contribution in [3.05, 3.63) is 18.6 Å². The number of nitrogens with one attached hydrogen (secondary N) is 1. The number of hydrogen-bond donors (Lipinski definition) is 3. The molecule has 7 nitrogen and oxygen atoms in total. The van der Waals surface area contributed by atoms with Crippen LogP contribution in [0.3, 0.4) is 0 Å². The molecule has 0 bridgehead atoms. The summed E-state index contributed by atoms with van der Waals surface area (Å²) in [5.74, 6) is 1.53. The number of fused-ring (bicyclic) bond motifs is 1. The molecule has 1 aliphatic rings. The second-order valence-corrected chi connectivity index (χ2v) is 6.16. The van der Waals surface area contributed by atoms with Crippen molar-refractivity contribution in [3.8, 4) is 0 Å². The predicted molar refractivity (Wildman–Crippen MR) is 89.4 cm³/mol. The minimum atomic E-state index is 0.171. The molecule has 3 N–H and O–H groups in total. The molecule has 1 saturated heterocycles. The number of hydrogen-bond acceptors (Lipinski definition) is 6. The van der Waals surface area contributed by atoms with Crippen LogP contribution in [0.1, 0.15) is 6.92 Å². The minimum absolute atomic E-state index is 0.171. The Bertz CT molecular complexity index is 632. The second-order valence-electron chi connectivity index (χ2n) is 6.16. The number of nitrogens with zero attached hydrogens (tertiary/aromatic N) is 4. The summed E-state index contributed by atoms with van der Waals surface area (Å²) < 4.78 is 0. The average molecular weight is 319 g/mol. The number of anilines is 1. The van der Waals surface area contributed by atoms with Gasteiger partial charge in [0, 0.05) is 44.9 Å². The Morgan fingerprint density at radius 1 is 1.30 bits per heavy atom. The van der Waals surface area contributed by atoms with Crippen molar-refractivity contribution < 1.29 is 10.2 Å². The van der Waals surface area contributed by atoms with Gasteiger partial charge >= 0.3 is 0 Å². The molecule has 3 heterocycles. The lowest BCUT2D eigenvalue weighted by Gasteiger charge is -2.25. The molecular formula is C16H25N5O2. The first-order chi connectivity index (χ1) is 11.3. The molecular weight excluding hydrogens is 294 g/mol. The molecule has 0 saturated carbocycles. The predicted octanol–water partition coefficient (Wildman–Crippen LogP) is 0.317. The Labute approximate surface area is 136 Å². The zero-order valence-electron chi connectivity index (χ0n) is 13.5. The van der Waals surface area contributed by atoms with Crippen molar-refractivity contribution in [2.75, 3.05) is 50.8 Å². The summed E-state index contributed by atoms with van der Waals surface area (Å²) in [7, 11) is 0. The molecule has 2 atom stereocenters. The zero-order valence-corrected chi connectivity index (χ0v) is 13.5. The third kappa shape index (κ3) is 3.31. The van der Waals surface area contributed by atoms with Crippen LogP contribution in [0, 0.1) is 11.8 Å². The van der Waals surface area contributed by atoms with E-state index in [1.165, 1.54) is 0 Å². The van der Waals surface area contributed by atoms with E-state index in [0.29, 0.717) is 12.5 Å². The SMILES string of the molecule is CCN(CCO)C[C@@H]1CN(c2ncnc3[nH]ccc23)C[C@@H]1CO. The third-order valence-electron chi connectivity index (χ3n) is 4.80. The Morgan fingerprint density at radius 3 is 2.87 bits per heavy atom. The maximum atomic E-state index is 9.76. The number of aromatic nitrogens is 3. The van der Waals surface area contributed by atoms with Gasteiger partial charge in [-0.15, -0.1) is 0 Å². The van der Waals surface area contributed by atoms with Gasteiger partial charge in [0.25, 0.3) is 0 Å². The van der Waals surface area contributed by atoms with E-state index in [-0.39, 0.29) is 19.1 Å². The van der Waals surface area contributed by atoms with E-state index in [2.05, 4.69) is 31.7 Å². The quantitative estimate of drug-likeness (QED) is 0.681. The first-order valence-electron chi connectivity index (χ1n) is 8.23. The molecule has 0 unspecified atom stereocenters.